The minimum atomic E-state index is -0.368. The first-order valence-electron chi connectivity index (χ1n) is 7.76. The highest BCUT2D eigenvalue weighted by atomic mass is 16.5. The zero-order valence-corrected chi connectivity index (χ0v) is 13.3. The molecule has 0 aliphatic rings. The van der Waals surface area contributed by atoms with E-state index in [1.54, 1.807) is 37.4 Å². The van der Waals surface area contributed by atoms with Gasteiger partial charge in [-0.1, -0.05) is 30.3 Å². The van der Waals surface area contributed by atoms with Crippen LogP contribution in [-0.2, 0) is 4.74 Å². The van der Waals surface area contributed by atoms with E-state index in [0.29, 0.717) is 17.9 Å². The normalized spacial score (nSPS) is 11.5. The lowest BCUT2D eigenvalue weighted by atomic mass is 10.1. The van der Waals surface area contributed by atoms with E-state index in [2.05, 4.69) is 0 Å². The molecule has 0 radical (unpaired) electrons. The van der Waals surface area contributed by atoms with Crippen molar-refractivity contribution < 1.29 is 19.5 Å². The first-order valence-corrected chi connectivity index (χ1v) is 7.76. The Morgan fingerprint density at radius 3 is 2.46 bits per heavy atom. The van der Waals surface area contributed by atoms with Crippen LogP contribution in [0.1, 0.15) is 22.8 Å². The predicted octanol–water partition coefficient (Wildman–Crippen LogP) is 4.17. The predicted molar refractivity (Wildman–Crippen MR) is 93.2 cm³/mol. The molecule has 0 bridgehead atoms. The van der Waals surface area contributed by atoms with Crippen LogP contribution in [0.25, 0.3) is 10.8 Å². The smallest absolute Gasteiger partial charge is 0.338 e. The summed E-state index contributed by atoms with van der Waals surface area (Å²) in [4.78, 5) is 11.6. The molecule has 120 valence electrons. The van der Waals surface area contributed by atoms with Crippen LogP contribution in [0.5, 0.6) is 0 Å². The van der Waals surface area contributed by atoms with Gasteiger partial charge in [0.15, 0.2) is 0 Å². The Kier molecular flexibility index (Phi) is 4.57. The number of esters is 1. The van der Waals surface area contributed by atoms with Crippen molar-refractivity contribution in [2.45, 2.75) is 6.92 Å². The molecule has 0 aromatic heterocycles. The summed E-state index contributed by atoms with van der Waals surface area (Å²) in [7, 11) is 0. The zero-order valence-electron chi connectivity index (χ0n) is 13.3. The van der Waals surface area contributed by atoms with Gasteiger partial charge in [0.1, 0.15) is 0 Å². The average Bonchev–Trinajstić information content (AvgIpc) is 2.62. The largest absolute Gasteiger partial charge is 0.462 e. The molecule has 4 heteroatoms. The van der Waals surface area contributed by atoms with E-state index in [9.17, 15) is 10.0 Å². The van der Waals surface area contributed by atoms with Crippen molar-refractivity contribution in [1.29, 1.82) is 0 Å². The molecule has 3 aromatic rings. The first kappa shape index (κ1) is 15.7. The van der Waals surface area contributed by atoms with Crippen molar-refractivity contribution in [2.24, 2.45) is 0 Å². The Balaban J connectivity index is 1.85. The van der Waals surface area contributed by atoms with Gasteiger partial charge in [0.05, 0.1) is 12.2 Å². The van der Waals surface area contributed by atoms with Gasteiger partial charge in [-0.15, -0.1) is 0 Å². The standard InChI is InChI=1S/C20H18NO3/c1-2-24-20(22)17-9-11-19(12-10-17)21(23)14-15-7-8-16-5-3-4-6-18(16)13-15/h3-14,23H,2H2,1H3/q+1. The zero-order chi connectivity index (χ0) is 16.9. The fourth-order valence-corrected chi connectivity index (χ4v) is 2.47. The minimum Gasteiger partial charge on any atom is -0.462 e. The lowest BCUT2D eigenvalue weighted by Gasteiger charge is -2.01. The maximum atomic E-state index is 11.6. The highest BCUT2D eigenvalue weighted by molar-refractivity contribution is 5.90. The lowest BCUT2D eigenvalue weighted by molar-refractivity contribution is -0.709. The molecule has 3 rings (SSSR count). The summed E-state index contributed by atoms with van der Waals surface area (Å²) < 4.78 is 5.98. The Morgan fingerprint density at radius 2 is 1.75 bits per heavy atom. The molecule has 0 aliphatic heterocycles. The topological polar surface area (TPSA) is 49.5 Å². The van der Waals surface area contributed by atoms with Crippen LogP contribution in [0.2, 0.25) is 0 Å². The van der Waals surface area contributed by atoms with Gasteiger partial charge in [-0.05, 0) is 42.0 Å². The molecule has 3 aromatic carbocycles. The SMILES string of the molecule is CCOC(=O)c1ccc([N+](O)=Cc2ccc3ccccc3c2)cc1. The average molecular weight is 320 g/mol. The van der Waals surface area contributed by atoms with Crippen LogP contribution in [0, 0.1) is 0 Å². The number of benzene rings is 3. The molecule has 24 heavy (non-hydrogen) atoms. The fourth-order valence-electron chi connectivity index (χ4n) is 2.47. The monoisotopic (exact) mass is 320 g/mol. The summed E-state index contributed by atoms with van der Waals surface area (Å²) in [6.07, 6.45) is 1.63. The number of rotatable bonds is 4. The third-order valence-electron chi connectivity index (χ3n) is 3.69. The van der Waals surface area contributed by atoms with Gasteiger partial charge in [-0.25, -0.2) is 4.79 Å². The molecule has 0 spiro atoms. The number of carbonyl (C=O) groups is 1. The van der Waals surface area contributed by atoms with Crippen molar-refractivity contribution in [3.05, 3.63) is 77.9 Å². The maximum Gasteiger partial charge on any atom is 0.338 e. The number of hydrogen-bond donors (Lipinski definition) is 1. The maximum absolute atomic E-state index is 11.6. The molecule has 0 atom stereocenters. The summed E-state index contributed by atoms with van der Waals surface area (Å²) in [5.74, 6) is -0.368. The fraction of sp³-hybridized carbons (Fsp3) is 0.100. The quantitative estimate of drug-likeness (QED) is 0.258. The molecule has 0 saturated carbocycles. The van der Waals surface area contributed by atoms with Crippen molar-refractivity contribution in [2.75, 3.05) is 6.61 Å². The van der Waals surface area contributed by atoms with Crippen LogP contribution in [-0.4, -0.2) is 28.7 Å². The molecule has 0 unspecified atom stereocenters. The number of hydrogen-bond acceptors (Lipinski definition) is 3. The number of carbonyl (C=O) groups excluding carboxylic acids is 1. The van der Waals surface area contributed by atoms with Crippen molar-refractivity contribution in [3.63, 3.8) is 0 Å². The summed E-state index contributed by atoms with van der Waals surface area (Å²) in [6.45, 7) is 2.10. The second-order valence-electron chi connectivity index (χ2n) is 5.35. The van der Waals surface area contributed by atoms with E-state index in [-0.39, 0.29) is 5.97 Å². The van der Waals surface area contributed by atoms with Crippen LogP contribution in [0.15, 0.2) is 66.7 Å². The first-order chi connectivity index (χ1) is 11.7. The summed E-state index contributed by atoms with van der Waals surface area (Å²) in [5, 5.41) is 12.5. The van der Waals surface area contributed by atoms with Crippen LogP contribution < -0.4 is 0 Å². The van der Waals surface area contributed by atoms with Crippen molar-refractivity contribution in [1.82, 2.24) is 0 Å². The Labute approximate surface area is 140 Å². The van der Waals surface area contributed by atoms with Crippen molar-refractivity contribution in [3.8, 4) is 0 Å². The van der Waals surface area contributed by atoms with Crippen LogP contribution in [0.3, 0.4) is 0 Å². The number of fused-ring (bicyclic) bond motifs is 1. The number of ether oxygens (including phenoxy) is 1. The lowest BCUT2D eigenvalue weighted by Crippen LogP contribution is -2.05. The van der Waals surface area contributed by atoms with Gasteiger partial charge in [-0.3, -0.25) is 5.21 Å². The van der Waals surface area contributed by atoms with Crippen LogP contribution in [0.4, 0.5) is 5.69 Å². The van der Waals surface area contributed by atoms with Gasteiger partial charge in [0, 0.05) is 22.4 Å². The Morgan fingerprint density at radius 1 is 1.04 bits per heavy atom. The molecular weight excluding hydrogens is 302 g/mol. The van der Waals surface area contributed by atoms with Gasteiger partial charge in [0.25, 0.3) is 5.69 Å². The molecule has 0 aliphatic carbocycles. The van der Waals surface area contributed by atoms with E-state index in [1.807, 2.05) is 42.5 Å². The van der Waals surface area contributed by atoms with Gasteiger partial charge < -0.3 is 4.74 Å². The van der Waals surface area contributed by atoms with E-state index in [0.717, 1.165) is 21.1 Å². The third-order valence-corrected chi connectivity index (χ3v) is 3.69. The highest BCUT2D eigenvalue weighted by Gasteiger charge is 2.11. The Hall–Kier alpha value is -3.14. The van der Waals surface area contributed by atoms with E-state index >= 15 is 0 Å². The summed E-state index contributed by atoms with van der Waals surface area (Å²) in [5.41, 5.74) is 1.90. The molecule has 4 nitrogen and oxygen atoms in total. The molecule has 1 N–H and O–H groups in total. The highest BCUT2D eigenvalue weighted by Crippen LogP contribution is 2.16. The second-order valence-corrected chi connectivity index (χ2v) is 5.35. The third kappa shape index (κ3) is 3.43. The molecule has 0 heterocycles. The van der Waals surface area contributed by atoms with Crippen LogP contribution >= 0.6 is 0 Å². The van der Waals surface area contributed by atoms with Gasteiger partial charge in [0.2, 0.25) is 6.21 Å². The Bertz CT molecular complexity index is 898. The second kappa shape index (κ2) is 6.96. The molecule has 0 fully saturated rings. The molecular formula is C20H18NO3+. The van der Waals surface area contributed by atoms with E-state index in [1.165, 1.54) is 0 Å². The minimum absolute atomic E-state index is 0.336. The van der Waals surface area contributed by atoms with Gasteiger partial charge in [-0.2, -0.15) is 0 Å². The summed E-state index contributed by atoms with van der Waals surface area (Å²) in [6, 6.07) is 20.6. The molecule has 0 saturated heterocycles. The van der Waals surface area contributed by atoms with E-state index in [4.69, 9.17) is 4.74 Å². The number of nitrogens with zero attached hydrogens (tertiary/aromatic N) is 1. The van der Waals surface area contributed by atoms with Gasteiger partial charge >= 0.3 is 5.97 Å². The van der Waals surface area contributed by atoms with E-state index < -0.39 is 0 Å². The summed E-state index contributed by atoms with van der Waals surface area (Å²) >= 11 is 0. The molecule has 0 amide bonds. The van der Waals surface area contributed by atoms with Crippen molar-refractivity contribution >= 4 is 28.6 Å².